The Morgan fingerprint density at radius 1 is 1.24 bits per heavy atom. The van der Waals surface area contributed by atoms with Gasteiger partial charge in [0, 0.05) is 11.6 Å². The van der Waals surface area contributed by atoms with Crippen LogP contribution >= 0.6 is 34.5 Å². The van der Waals surface area contributed by atoms with Crippen LogP contribution in [-0.4, -0.2) is 6.54 Å². The van der Waals surface area contributed by atoms with Crippen LogP contribution in [0.3, 0.4) is 0 Å². The van der Waals surface area contributed by atoms with Crippen LogP contribution in [-0.2, 0) is 0 Å². The second kappa shape index (κ2) is 8.76. The van der Waals surface area contributed by atoms with Gasteiger partial charge in [-0.25, -0.2) is 0 Å². The minimum atomic E-state index is 0.373. The van der Waals surface area contributed by atoms with E-state index in [9.17, 15) is 0 Å². The molecule has 0 amide bonds. The van der Waals surface area contributed by atoms with E-state index in [0.29, 0.717) is 12.0 Å². The Labute approximate surface area is 143 Å². The van der Waals surface area contributed by atoms with E-state index >= 15 is 0 Å². The van der Waals surface area contributed by atoms with E-state index in [1.165, 1.54) is 61.8 Å². The van der Waals surface area contributed by atoms with Gasteiger partial charge < -0.3 is 5.32 Å². The summed E-state index contributed by atoms with van der Waals surface area (Å²) in [4.78, 5) is 0. The zero-order valence-corrected chi connectivity index (χ0v) is 15.5. The van der Waals surface area contributed by atoms with Gasteiger partial charge in [0.2, 0.25) is 0 Å². The van der Waals surface area contributed by atoms with Crippen LogP contribution in [0.25, 0.3) is 0 Å². The Morgan fingerprint density at radius 3 is 2.48 bits per heavy atom. The first-order valence-electron chi connectivity index (χ1n) is 8.33. The molecule has 0 aliphatic heterocycles. The third-order valence-electron chi connectivity index (χ3n) is 4.77. The monoisotopic (exact) mass is 347 g/mol. The fourth-order valence-corrected chi connectivity index (χ4v) is 5.17. The summed E-state index contributed by atoms with van der Waals surface area (Å²) >= 11 is 14.0. The summed E-state index contributed by atoms with van der Waals surface area (Å²) < 4.78 is 1.66. The van der Waals surface area contributed by atoms with Crippen molar-refractivity contribution in [3.63, 3.8) is 0 Å². The van der Waals surface area contributed by atoms with E-state index in [0.717, 1.165) is 21.1 Å². The minimum absolute atomic E-state index is 0.373. The molecule has 1 aromatic heterocycles. The van der Waals surface area contributed by atoms with Crippen molar-refractivity contribution in [3.05, 3.63) is 20.3 Å². The molecule has 2 rings (SSSR count). The second-order valence-electron chi connectivity index (χ2n) is 6.24. The number of halogens is 2. The van der Waals surface area contributed by atoms with Gasteiger partial charge in [0.1, 0.15) is 0 Å². The van der Waals surface area contributed by atoms with Crippen molar-refractivity contribution in [1.82, 2.24) is 5.32 Å². The molecule has 1 aliphatic rings. The topological polar surface area (TPSA) is 12.0 Å². The predicted molar refractivity (Wildman–Crippen MR) is 95.7 cm³/mol. The van der Waals surface area contributed by atoms with Gasteiger partial charge in [0.15, 0.2) is 0 Å². The molecule has 0 bridgehead atoms. The zero-order valence-electron chi connectivity index (χ0n) is 13.1. The largest absolute Gasteiger partial charge is 0.310 e. The molecule has 120 valence electrons. The quantitative estimate of drug-likeness (QED) is 0.578. The third-order valence-corrected chi connectivity index (χ3v) is 6.29. The van der Waals surface area contributed by atoms with Crippen molar-refractivity contribution in [2.45, 2.75) is 64.8 Å². The Balaban J connectivity index is 1.98. The van der Waals surface area contributed by atoms with Crippen molar-refractivity contribution in [1.29, 1.82) is 0 Å². The summed E-state index contributed by atoms with van der Waals surface area (Å²) in [6.45, 7) is 5.43. The lowest BCUT2D eigenvalue weighted by molar-refractivity contribution is 0.214. The number of unbranched alkanes of at least 4 members (excludes halogenated alkanes) is 1. The lowest BCUT2D eigenvalue weighted by atomic mass is 9.75. The molecule has 0 radical (unpaired) electrons. The van der Waals surface area contributed by atoms with Crippen LogP contribution in [0.4, 0.5) is 0 Å². The van der Waals surface area contributed by atoms with Crippen molar-refractivity contribution in [3.8, 4) is 0 Å². The van der Waals surface area contributed by atoms with Crippen molar-refractivity contribution < 1.29 is 0 Å². The summed E-state index contributed by atoms with van der Waals surface area (Å²) in [5, 5.41) is 3.64. The molecule has 1 atom stereocenters. The highest BCUT2D eigenvalue weighted by molar-refractivity contribution is 7.20. The summed E-state index contributed by atoms with van der Waals surface area (Å²) in [6.07, 6.45) is 9.51. The highest BCUT2D eigenvalue weighted by atomic mass is 35.5. The van der Waals surface area contributed by atoms with E-state index in [1.807, 2.05) is 0 Å². The van der Waals surface area contributed by atoms with Gasteiger partial charge in [-0.05, 0) is 37.3 Å². The van der Waals surface area contributed by atoms with E-state index in [4.69, 9.17) is 23.2 Å². The zero-order chi connectivity index (χ0) is 15.2. The maximum atomic E-state index is 6.39. The number of rotatable bonds is 7. The predicted octanol–water partition coefficient (Wildman–Crippen LogP) is 6.70. The van der Waals surface area contributed by atoms with Gasteiger partial charge in [-0.1, -0.05) is 69.2 Å². The smallest absolute Gasteiger partial charge is 0.0992 e. The van der Waals surface area contributed by atoms with E-state index in [-0.39, 0.29) is 0 Å². The molecule has 1 aliphatic carbocycles. The fraction of sp³-hybridized carbons (Fsp3) is 0.765. The summed E-state index contributed by atoms with van der Waals surface area (Å²) in [6, 6.07) is 2.43. The molecular weight excluding hydrogens is 321 g/mol. The van der Waals surface area contributed by atoms with E-state index in [2.05, 4.69) is 25.2 Å². The van der Waals surface area contributed by atoms with Crippen molar-refractivity contribution in [2.75, 3.05) is 6.54 Å². The molecule has 1 saturated carbocycles. The van der Waals surface area contributed by atoms with Gasteiger partial charge >= 0.3 is 0 Å². The van der Waals surface area contributed by atoms with Crippen LogP contribution in [0, 0.1) is 11.8 Å². The normalized spacial score (nSPS) is 24.2. The lowest BCUT2D eigenvalue weighted by Crippen LogP contribution is -2.31. The molecule has 1 unspecified atom stereocenters. The first kappa shape index (κ1) is 17.6. The first-order chi connectivity index (χ1) is 10.2. The van der Waals surface area contributed by atoms with Crippen LogP contribution in [0.2, 0.25) is 8.67 Å². The van der Waals surface area contributed by atoms with Gasteiger partial charge in [-0.2, -0.15) is 0 Å². The Morgan fingerprint density at radius 2 is 1.95 bits per heavy atom. The fourth-order valence-electron chi connectivity index (χ4n) is 3.62. The Bertz CT molecular complexity index is 424. The highest BCUT2D eigenvalue weighted by Crippen LogP contribution is 2.43. The van der Waals surface area contributed by atoms with Gasteiger partial charge in [0.25, 0.3) is 0 Å². The average molecular weight is 348 g/mol. The number of hydrogen-bond acceptors (Lipinski definition) is 2. The molecule has 21 heavy (non-hydrogen) atoms. The number of hydrogen-bond donors (Lipinski definition) is 1. The molecule has 0 spiro atoms. The third kappa shape index (κ3) is 4.86. The Kier molecular flexibility index (Phi) is 7.34. The maximum Gasteiger partial charge on any atom is 0.0992 e. The van der Waals surface area contributed by atoms with Gasteiger partial charge in [0.05, 0.1) is 8.67 Å². The molecule has 1 aromatic rings. The standard InChI is InChI=1S/C17H27Cl2NS/c1-3-5-6-12-7-9-13(10-8-12)16(20-4-2)14-11-15(18)21-17(14)19/h11-13,16,20H,3-10H2,1-2H3. The van der Waals surface area contributed by atoms with Gasteiger partial charge in [-0.3, -0.25) is 0 Å². The number of nitrogens with one attached hydrogen (secondary N) is 1. The van der Waals surface area contributed by atoms with Crippen molar-refractivity contribution in [2.24, 2.45) is 11.8 Å². The maximum absolute atomic E-state index is 6.39. The second-order valence-corrected chi connectivity index (χ2v) is 8.52. The highest BCUT2D eigenvalue weighted by Gasteiger charge is 2.29. The summed E-state index contributed by atoms with van der Waals surface area (Å²) in [5.41, 5.74) is 1.21. The molecule has 1 nitrogen and oxygen atoms in total. The summed E-state index contributed by atoms with van der Waals surface area (Å²) in [5.74, 6) is 1.65. The molecule has 1 N–H and O–H groups in total. The molecule has 4 heteroatoms. The van der Waals surface area contributed by atoms with Crippen LogP contribution < -0.4 is 5.32 Å². The first-order valence-corrected chi connectivity index (χ1v) is 9.91. The summed E-state index contributed by atoms with van der Waals surface area (Å²) in [7, 11) is 0. The molecule has 1 heterocycles. The number of thiophene rings is 1. The van der Waals surface area contributed by atoms with Gasteiger partial charge in [-0.15, -0.1) is 11.3 Å². The molecule has 0 aromatic carbocycles. The minimum Gasteiger partial charge on any atom is -0.310 e. The van der Waals surface area contributed by atoms with E-state index in [1.54, 1.807) is 0 Å². The average Bonchev–Trinajstić information content (AvgIpc) is 2.82. The van der Waals surface area contributed by atoms with Crippen LogP contribution in [0.5, 0.6) is 0 Å². The lowest BCUT2D eigenvalue weighted by Gasteiger charge is -2.34. The molecule has 1 fully saturated rings. The molecular formula is C17H27Cl2NS. The SMILES string of the molecule is CCCCC1CCC(C(NCC)c2cc(Cl)sc2Cl)CC1. The Hall–Kier alpha value is 0.240. The molecule has 0 saturated heterocycles. The van der Waals surface area contributed by atoms with Crippen molar-refractivity contribution >= 4 is 34.5 Å². The van der Waals surface area contributed by atoms with Crippen LogP contribution in [0.15, 0.2) is 6.07 Å². The van der Waals surface area contributed by atoms with E-state index < -0.39 is 0 Å². The van der Waals surface area contributed by atoms with Crippen LogP contribution in [0.1, 0.15) is 70.4 Å².